The number of thiophene rings is 1. The number of nitrogens with zero attached hydrogens (tertiary/aromatic N) is 1. The highest BCUT2D eigenvalue weighted by atomic mass is 32.1. The van der Waals surface area contributed by atoms with Crippen LogP contribution < -0.4 is 15.4 Å². The average molecular weight is 390 g/mol. The smallest absolute Gasteiger partial charge is 0.191 e. The summed E-state index contributed by atoms with van der Waals surface area (Å²) in [6.07, 6.45) is -0.477. The molecular weight excluding hydrogens is 358 g/mol. The fourth-order valence-electron chi connectivity index (χ4n) is 2.58. The Bertz CT molecular complexity index is 684. The van der Waals surface area contributed by atoms with Gasteiger partial charge in [0, 0.05) is 23.9 Å². The maximum Gasteiger partial charge on any atom is 0.191 e. The Hall–Kier alpha value is -2.05. The summed E-state index contributed by atoms with van der Waals surface area (Å²) in [4.78, 5) is 5.98. The van der Waals surface area contributed by atoms with Gasteiger partial charge in [-0.2, -0.15) is 0 Å². The Balaban J connectivity index is 1.89. The third-order valence-electron chi connectivity index (χ3n) is 4.00. The highest BCUT2D eigenvalue weighted by Gasteiger charge is 2.10. The van der Waals surface area contributed by atoms with Crippen molar-refractivity contribution in [2.24, 2.45) is 4.99 Å². The number of nitrogens with one attached hydrogen (secondary N) is 2. The molecule has 3 N–H and O–H groups in total. The van der Waals surface area contributed by atoms with Gasteiger partial charge in [-0.1, -0.05) is 25.1 Å². The van der Waals surface area contributed by atoms with Crippen molar-refractivity contribution in [1.82, 2.24) is 10.6 Å². The van der Waals surface area contributed by atoms with Gasteiger partial charge in [0.25, 0.3) is 0 Å². The fourth-order valence-corrected chi connectivity index (χ4v) is 3.36. The monoisotopic (exact) mass is 389 g/mol. The number of aliphatic hydroxyl groups is 1. The molecule has 1 aromatic heterocycles. The van der Waals surface area contributed by atoms with Crippen LogP contribution >= 0.6 is 11.3 Å². The molecule has 2 rings (SSSR count). The lowest BCUT2D eigenvalue weighted by Gasteiger charge is -2.17. The van der Waals surface area contributed by atoms with Crippen LogP contribution in [-0.4, -0.2) is 36.8 Å². The van der Waals surface area contributed by atoms with Crippen molar-refractivity contribution in [2.75, 3.05) is 19.6 Å². The largest absolute Gasteiger partial charge is 0.491 e. The van der Waals surface area contributed by atoms with Gasteiger partial charge in [0.15, 0.2) is 5.96 Å². The third kappa shape index (κ3) is 7.23. The summed E-state index contributed by atoms with van der Waals surface area (Å²) in [6.45, 7) is 10.1. The summed E-state index contributed by atoms with van der Waals surface area (Å²) < 4.78 is 5.64. The van der Waals surface area contributed by atoms with Crippen molar-refractivity contribution in [2.45, 2.75) is 45.8 Å². The van der Waals surface area contributed by atoms with E-state index in [2.05, 4.69) is 40.1 Å². The number of aliphatic hydroxyl groups excluding tert-OH is 1. The fraction of sp³-hybridized carbons (Fsp3) is 0.476. The molecule has 6 heteroatoms. The Kier molecular flexibility index (Phi) is 8.61. The minimum Gasteiger partial charge on any atom is -0.491 e. The minimum atomic E-state index is -0.614. The van der Waals surface area contributed by atoms with Gasteiger partial charge in [0.05, 0.1) is 18.8 Å². The van der Waals surface area contributed by atoms with E-state index >= 15 is 0 Å². The first-order chi connectivity index (χ1) is 13.0. The zero-order valence-corrected chi connectivity index (χ0v) is 17.4. The molecule has 148 valence electrons. The molecule has 0 bridgehead atoms. The minimum absolute atomic E-state index is 0.137. The number of rotatable bonds is 9. The van der Waals surface area contributed by atoms with Gasteiger partial charge in [-0.15, -0.1) is 11.3 Å². The summed E-state index contributed by atoms with van der Waals surface area (Å²) in [5.74, 6) is 1.91. The van der Waals surface area contributed by atoms with Crippen LogP contribution in [0.5, 0.6) is 5.75 Å². The quantitative estimate of drug-likeness (QED) is 0.449. The molecular formula is C21H31N3O2S. The zero-order chi connectivity index (χ0) is 19.6. The molecule has 2 aromatic rings. The van der Waals surface area contributed by atoms with Crippen LogP contribution in [-0.2, 0) is 0 Å². The van der Waals surface area contributed by atoms with E-state index in [1.807, 2.05) is 45.0 Å². The van der Waals surface area contributed by atoms with Crippen molar-refractivity contribution in [3.8, 4) is 5.75 Å². The average Bonchev–Trinajstić information content (AvgIpc) is 3.18. The summed E-state index contributed by atoms with van der Waals surface area (Å²) >= 11 is 1.76. The molecule has 1 aromatic carbocycles. The van der Waals surface area contributed by atoms with Crippen molar-refractivity contribution in [1.29, 1.82) is 0 Å². The SMILES string of the molecule is CCNC(=NCC(C)c1cccs1)NCC(O)c1ccc(OC(C)C)cc1. The highest BCUT2D eigenvalue weighted by molar-refractivity contribution is 7.10. The van der Waals surface area contributed by atoms with Crippen LogP contribution in [0.3, 0.4) is 0 Å². The van der Waals surface area contributed by atoms with E-state index in [0.717, 1.165) is 23.8 Å². The maximum atomic E-state index is 10.5. The third-order valence-corrected chi connectivity index (χ3v) is 5.10. The second-order valence-corrected chi connectivity index (χ2v) is 7.75. The van der Waals surface area contributed by atoms with E-state index in [1.165, 1.54) is 4.88 Å². The van der Waals surface area contributed by atoms with Crippen LogP contribution in [0.4, 0.5) is 0 Å². The van der Waals surface area contributed by atoms with Crippen LogP contribution in [0, 0.1) is 0 Å². The molecule has 2 atom stereocenters. The normalized spacial score (nSPS) is 14.1. The second-order valence-electron chi connectivity index (χ2n) is 6.77. The number of hydrogen-bond acceptors (Lipinski definition) is 4. The molecule has 2 unspecified atom stereocenters. The van der Waals surface area contributed by atoms with Crippen LogP contribution in [0.25, 0.3) is 0 Å². The van der Waals surface area contributed by atoms with Gasteiger partial charge in [-0.3, -0.25) is 4.99 Å². The van der Waals surface area contributed by atoms with E-state index in [9.17, 15) is 5.11 Å². The number of aliphatic imine (C=N–C) groups is 1. The summed E-state index contributed by atoms with van der Waals surface area (Å²) in [5, 5.41) is 19.0. The first-order valence-corrected chi connectivity index (χ1v) is 10.4. The van der Waals surface area contributed by atoms with Gasteiger partial charge in [0.2, 0.25) is 0 Å². The van der Waals surface area contributed by atoms with E-state index in [0.29, 0.717) is 19.0 Å². The van der Waals surface area contributed by atoms with Gasteiger partial charge >= 0.3 is 0 Å². The molecule has 0 amide bonds. The number of benzene rings is 1. The van der Waals surface area contributed by atoms with E-state index in [-0.39, 0.29) is 6.10 Å². The molecule has 0 aliphatic rings. The topological polar surface area (TPSA) is 65.9 Å². The molecule has 0 aliphatic carbocycles. The maximum absolute atomic E-state index is 10.5. The van der Waals surface area contributed by atoms with Gasteiger partial charge in [0.1, 0.15) is 5.75 Å². The molecule has 0 spiro atoms. The first-order valence-electron chi connectivity index (χ1n) is 9.49. The van der Waals surface area contributed by atoms with Crippen LogP contribution in [0.15, 0.2) is 46.8 Å². The first kappa shape index (κ1) is 21.3. The standard InChI is InChI=1S/C21H31N3O2S/c1-5-22-21(23-13-16(4)20-7-6-12-27-20)24-14-19(25)17-8-10-18(11-9-17)26-15(2)3/h6-12,15-16,19,25H,5,13-14H2,1-4H3,(H2,22,23,24). The molecule has 1 heterocycles. The molecule has 0 fully saturated rings. The Morgan fingerprint density at radius 2 is 1.89 bits per heavy atom. The van der Waals surface area contributed by atoms with E-state index in [1.54, 1.807) is 11.3 Å². The molecule has 5 nitrogen and oxygen atoms in total. The van der Waals surface area contributed by atoms with Crippen LogP contribution in [0.1, 0.15) is 50.2 Å². The van der Waals surface area contributed by atoms with Crippen molar-refractivity contribution >= 4 is 17.3 Å². The summed E-state index contributed by atoms with van der Waals surface area (Å²) in [6, 6.07) is 11.8. The number of hydrogen-bond donors (Lipinski definition) is 3. The lowest BCUT2D eigenvalue weighted by Crippen LogP contribution is -2.39. The van der Waals surface area contributed by atoms with E-state index < -0.39 is 6.10 Å². The molecule has 0 aliphatic heterocycles. The Morgan fingerprint density at radius 3 is 2.48 bits per heavy atom. The van der Waals surface area contributed by atoms with Gasteiger partial charge in [-0.05, 0) is 49.9 Å². The Labute approximate surface area is 166 Å². The predicted molar refractivity (Wildman–Crippen MR) is 114 cm³/mol. The van der Waals surface area contributed by atoms with Crippen molar-refractivity contribution in [3.63, 3.8) is 0 Å². The highest BCUT2D eigenvalue weighted by Crippen LogP contribution is 2.21. The molecule has 0 radical (unpaired) electrons. The molecule has 27 heavy (non-hydrogen) atoms. The second kappa shape index (κ2) is 10.9. The Morgan fingerprint density at radius 1 is 1.15 bits per heavy atom. The van der Waals surface area contributed by atoms with E-state index in [4.69, 9.17) is 4.74 Å². The lowest BCUT2D eigenvalue weighted by atomic mass is 10.1. The predicted octanol–water partition coefficient (Wildman–Crippen LogP) is 3.93. The summed E-state index contributed by atoms with van der Waals surface area (Å²) in [7, 11) is 0. The van der Waals surface area contributed by atoms with Crippen LogP contribution in [0.2, 0.25) is 0 Å². The molecule has 0 saturated carbocycles. The number of guanidine groups is 1. The zero-order valence-electron chi connectivity index (χ0n) is 16.6. The van der Waals surface area contributed by atoms with Gasteiger partial charge < -0.3 is 20.5 Å². The molecule has 0 saturated heterocycles. The lowest BCUT2D eigenvalue weighted by molar-refractivity contribution is 0.180. The summed E-state index contributed by atoms with van der Waals surface area (Å²) in [5.41, 5.74) is 0.849. The van der Waals surface area contributed by atoms with Gasteiger partial charge in [-0.25, -0.2) is 0 Å². The van der Waals surface area contributed by atoms with Crippen molar-refractivity contribution < 1.29 is 9.84 Å². The van der Waals surface area contributed by atoms with Crippen molar-refractivity contribution in [3.05, 3.63) is 52.2 Å². The number of ether oxygens (including phenoxy) is 1.